The summed E-state index contributed by atoms with van der Waals surface area (Å²) >= 11 is 0. The Morgan fingerprint density at radius 3 is 2.73 bits per heavy atom. The fourth-order valence-electron chi connectivity index (χ4n) is 2.44. The Morgan fingerprint density at radius 1 is 1.14 bits per heavy atom. The molecule has 4 N–H and O–H groups in total. The number of nitrogens with two attached hydrogens (primary N) is 2. The highest BCUT2D eigenvalue weighted by Crippen LogP contribution is 2.31. The summed E-state index contributed by atoms with van der Waals surface area (Å²) in [6, 6.07) is 13.5. The summed E-state index contributed by atoms with van der Waals surface area (Å²) in [5.41, 5.74) is 14.8. The third-order valence-electron chi connectivity index (χ3n) is 3.50. The third kappa shape index (κ3) is 2.56. The minimum atomic E-state index is -0.884. The van der Waals surface area contributed by atoms with Crippen molar-refractivity contribution in [3.8, 4) is 17.0 Å². The average Bonchev–Trinajstić information content (AvgIpc) is 2.49. The molecule has 0 fully saturated rings. The molecule has 5 heteroatoms. The molecule has 110 valence electrons. The first kappa shape index (κ1) is 13.9. The van der Waals surface area contributed by atoms with Crippen LogP contribution in [0.1, 0.15) is 5.56 Å². The second-order valence-corrected chi connectivity index (χ2v) is 5.05. The fraction of sp³-hybridized carbons (Fsp3) is 0.0588. The number of fused-ring (bicyclic) bond motifs is 1. The molecule has 3 rings (SSSR count). The van der Waals surface area contributed by atoms with Crippen molar-refractivity contribution >= 4 is 22.6 Å². The monoisotopic (exact) mass is 293 g/mol. The topological polar surface area (TPSA) is 91.2 Å². The summed E-state index contributed by atoms with van der Waals surface area (Å²) in [4.78, 5) is 15.1. The van der Waals surface area contributed by atoms with E-state index in [0.717, 1.165) is 27.5 Å². The van der Waals surface area contributed by atoms with E-state index in [-0.39, 0.29) is 5.88 Å². The lowest BCUT2D eigenvalue weighted by Crippen LogP contribution is -2.17. The van der Waals surface area contributed by atoms with Gasteiger partial charge in [0, 0.05) is 17.3 Å². The molecule has 0 aliphatic carbocycles. The van der Waals surface area contributed by atoms with Crippen LogP contribution in [0.4, 0.5) is 10.5 Å². The number of rotatable bonds is 2. The van der Waals surface area contributed by atoms with E-state index in [2.05, 4.69) is 4.98 Å². The van der Waals surface area contributed by atoms with Gasteiger partial charge in [-0.2, -0.15) is 0 Å². The van der Waals surface area contributed by atoms with Gasteiger partial charge in [0.05, 0.1) is 0 Å². The fourth-order valence-corrected chi connectivity index (χ4v) is 2.44. The van der Waals surface area contributed by atoms with Crippen LogP contribution in [0.15, 0.2) is 48.7 Å². The Labute approximate surface area is 127 Å². The number of carbonyl (C=O) groups excluding carboxylic acids is 1. The number of amides is 1. The number of carbonyl (C=O) groups is 1. The maximum Gasteiger partial charge on any atom is 0.411 e. The zero-order valence-corrected chi connectivity index (χ0v) is 12.0. The third-order valence-corrected chi connectivity index (χ3v) is 3.50. The number of anilines is 1. The van der Waals surface area contributed by atoms with Crippen LogP contribution in [0.2, 0.25) is 0 Å². The molecule has 0 saturated heterocycles. The standard InChI is InChI=1S/C17H15N3O2/c1-10-2-5-13(18)9-14(10)12-4-3-11-6-7-20-16(15(11)8-12)22-17(19)21/h2-9H,18H2,1H3,(H2,19,21). The number of benzene rings is 2. The second kappa shape index (κ2) is 5.37. The molecular weight excluding hydrogens is 278 g/mol. The molecule has 3 aromatic rings. The van der Waals surface area contributed by atoms with Gasteiger partial charge in [-0.05, 0) is 53.3 Å². The molecule has 1 heterocycles. The summed E-state index contributed by atoms with van der Waals surface area (Å²) in [5, 5.41) is 1.64. The lowest BCUT2D eigenvalue weighted by Gasteiger charge is -2.10. The lowest BCUT2D eigenvalue weighted by atomic mass is 9.98. The molecule has 1 amide bonds. The van der Waals surface area contributed by atoms with Crippen molar-refractivity contribution in [1.29, 1.82) is 0 Å². The van der Waals surface area contributed by atoms with E-state index in [1.807, 2.05) is 49.4 Å². The van der Waals surface area contributed by atoms with Crippen LogP contribution in [-0.2, 0) is 0 Å². The van der Waals surface area contributed by atoms with Gasteiger partial charge in [-0.15, -0.1) is 0 Å². The molecule has 0 unspecified atom stereocenters. The smallest absolute Gasteiger partial charge is 0.399 e. The number of aromatic nitrogens is 1. The zero-order chi connectivity index (χ0) is 15.7. The molecule has 22 heavy (non-hydrogen) atoms. The van der Waals surface area contributed by atoms with E-state index in [0.29, 0.717) is 5.69 Å². The van der Waals surface area contributed by atoms with Crippen LogP contribution in [0.3, 0.4) is 0 Å². The molecule has 0 radical (unpaired) electrons. The number of ether oxygens (including phenoxy) is 1. The molecule has 0 aliphatic heterocycles. The van der Waals surface area contributed by atoms with E-state index < -0.39 is 6.09 Å². The van der Waals surface area contributed by atoms with Gasteiger partial charge in [-0.1, -0.05) is 18.2 Å². The second-order valence-electron chi connectivity index (χ2n) is 5.05. The number of primary amides is 1. The Morgan fingerprint density at radius 2 is 1.95 bits per heavy atom. The first-order valence-electron chi connectivity index (χ1n) is 6.77. The number of hydrogen-bond donors (Lipinski definition) is 2. The van der Waals surface area contributed by atoms with E-state index in [1.165, 1.54) is 0 Å². The molecule has 5 nitrogen and oxygen atoms in total. The van der Waals surface area contributed by atoms with Gasteiger partial charge < -0.3 is 16.2 Å². The van der Waals surface area contributed by atoms with Crippen molar-refractivity contribution in [2.75, 3.05) is 5.73 Å². The van der Waals surface area contributed by atoms with E-state index in [4.69, 9.17) is 16.2 Å². The predicted octanol–water partition coefficient (Wildman–Crippen LogP) is 3.25. The van der Waals surface area contributed by atoms with Gasteiger partial charge in [0.2, 0.25) is 5.88 Å². The van der Waals surface area contributed by atoms with Crippen LogP contribution in [0, 0.1) is 6.92 Å². The summed E-state index contributed by atoms with van der Waals surface area (Å²) in [6.45, 7) is 2.02. The Balaban J connectivity index is 2.20. The van der Waals surface area contributed by atoms with Crippen molar-refractivity contribution in [3.63, 3.8) is 0 Å². The number of hydrogen-bond acceptors (Lipinski definition) is 4. The van der Waals surface area contributed by atoms with Gasteiger partial charge in [0.1, 0.15) is 0 Å². The van der Waals surface area contributed by atoms with Crippen molar-refractivity contribution in [2.45, 2.75) is 6.92 Å². The van der Waals surface area contributed by atoms with Crippen molar-refractivity contribution in [1.82, 2.24) is 4.98 Å². The Kier molecular flexibility index (Phi) is 3.39. The zero-order valence-electron chi connectivity index (χ0n) is 12.0. The number of aryl methyl sites for hydroxylation is 1. The summed E-state index contributed by atoms with van der Waals surface area (Å²) in [6.07, 6.45) is 0.692. The SMILES string of the molecule is Cc1ccc(N)cc1-c1ccc2ccnc(OC(N)=O)c2c1. The van der Waals surface area contributed by atoms with Crippen LogP contribution in [-0.4, -0.2) is 11.1 Å². The Hall–Kier alpha value is -3.08. The minimum Gasteiger partial charge on any atom is -0.399 e. The Bertz CT molecular complexity index is 875. The highest BCUT2D eigenvalue weighted by Gasteiger charge is 2.09. The van der Waals surface area contributed by atoms with Crippen LogP contribution >= 0.6 is 0 Å². The number of pyridine rings is 1. The molecule has 0 bridgehead atoms. The van der Waals surface area contributed by atoms with E-state index in [1.54, 1.807) is 6.20 Å². The molecule has 0 atom stereocenters. The van der Waals surface area contributed by atoms with Crippen molar-refractivity contribution in [2.24, 2.45) is 5.73 Å². The normalized spacial score (nSPS) is 10.6. The van der Waals surface area contributed by atoms with Crippen LogP contribution in [0.5, 0.6) is 5.88 Å². The first-order chi connectivity index (χ1) is 10.5. The predicted molar refractivity (Wildman–Crippen MR) is 86.5 cm³/mol. The van der Waals surface area contributed by atoms with Crippen molar-refractivity contribution in [3.05, 3.63) is 54.2 Å². The van der Waals surface area contributed by atoms with Gasteiger partial charge in [-0.3, -0.25) is 0 Å². The van der Waals surface area contributed by atoms with Gasteiger partial charge >= 0.3 is 6.09 Å². The maximum atomic E-state index is 11.0. The quantitative estimate of drug-likeness (QED) is 0.709. The average molecular weight is 293 g/mol. The molecular formula is C17H15N3O2. The van der Waals surface area contributed by atoms with Gasteiger partial charge in [0.15, 0.2) is 0 Å². The molecule has 0 spiro atoms. The molecule has 1 aromatic heterocycles. The molecule has 0 saturated carbocycles. The largest absolute Gasteiger partial charge is 0.411 e. The highest BCUT2D eigenvalue weighted by atomic mass is 16.6. The van der Waals surface area contributed by atoms with Crippen LogP contribution < -0.4 is 16.2 Å². The van der Waals surface area contributed by atoms with E-state index >= 15 is 0 Å². The van der Waals surface area contributed by atoms with Gasteiger partial charge in [0.25, 0.3) is 0 Å². The van der Waals surface area contributed by atoms with Gasteiger partial charge in [-0.25, -0.2) is 9.78 Å². The molecule has 2 aromatic carbocycles. The summed E-state index contributed by atoms with van der Waals surface area (Å²) < 4.78 is 4.98. The summed E-state index contributed by atoms with van der Waals surface area (Å²) in [7, 11) is 0. The molecule has 0 aliphatic rings. The van der Waals surface area contributed by atoms with E-state index in [9.17, 15) is 4.79 Å². The minimum absolute atomic E-state index is 0.202. The first-order valence-corrected chi connectivity index (χ1v) is 6.77. The van der Waals surface area contributed by atoms with Crippen LogP contribution in [0.25, 0.3) is 21.9 Å². The summed E-state index contributed by atoms with van der Waals surface area (Å²) in [5.74, 6) is 0.202. The maximum absolute atomic E-state index is 11.0. The number of nitrogen functional groups attached to an aromatic ring is 1. The lowest BCUT2D eigenvalue weighted by molar-refractivity contribution is 0.209. The number of nitrogens with zero attached hydrogens (tertiary/aromatic N) is 1. The van der Waals surface area contributed by atoms with Crippen molar-refractivity contribution < 1.29 is 9.53 Å². The highest BCUT2D eigenvalue weighted by molar-refractivity contribution is 5.92.